The summed E-state index contributed by atoms with van der Waals surface area (Å²) in [5, 5.41) is 0. The summed E-state index contributed by atoms with van der Waals surface area (Å²) in [6.07, 6.45) is 9.64. The fourth-order valence-electron chi connectivity index (χ4n) is 4.34. The van der Waals surface area contributed by atoms with Crippen molar-refractivity contribution in [3.05, 3.63) is 35.4 Å². The molecule has 0 amide bonds. The molecule has 2 saturated carbocycles. The number of carbonyl (C=O) groups is 1. The highest BCUT2D eigenvalue weighted by Gasteiger charge is 2.41. The highest BCUT2D eigenvalue weighted by Crippen LogP contribution is 2.46. The van der Waals surface area contributed by atoms with Gasteiger partial charge in [-0.15, -0.1) is 0 Å². The molecule has 21 heavy (non-hydrogen) atoms. The van der Waals surface area contributed by atoms with Crippen molar-refractivity contribution in [1.82, 2.24) is 0 Å². The van der Waals surface area contributed by atoms with Gasteiger partial charge < -0.3 is 0 Å². The number of ketones is 1. The molecule has 114 valence electrons. The van der Waals surface area contributed by atoms with Gasteiger partial charge in [0.1, 0.15) is 0 Å². The molecule has 2 aliphatic rings. The van der Waals surface area contributed by atoms with Crippen LogP contribution in [0.5, 0.6) is 0 Å². The molecule has 0 heterocycles. The van der Waals surface area contributed by atoms with Crippen LogP contribution in [0.25, 0.3) is 0 Å². The van der Waals surface area contributed by atoms with Gasteiger partial charge in [-0.1, -0.05) is 51.3 Å². The number of rotatable bonds is 5. The lowest BCUT2D eigenvalue weighted by molar-refractivity contribution is 0.0759. The number of hydrogen-bond donors (Lipinski definition) is 0. The van der Waals surface area contributed by atoms with Crippen molar-refractivity contribution in [3.8, 4) is 0 Å². The second-order valence-electron chi connectivity index (χ2n) is 7.67. The first-order chi connectivity index (χ1) is 10.1. The molecule has 2 fully saturated rings. The van der Waals surface area contributed by atoms with Crippen molar-refractivity contribution in [3.63, 3.8) is 0 Å². The zero-order valence-electron chi connectivity index (χ0n) is 13.5. The highest BCUT2D eigenvalue weighted by molar-refractivity contribution is 6.00. The third-order valence-electron chi connectivity index (χ3n) is 5.57. The molecular weight excluding hydrogens is 256 g/mol. The van der Waals surface area contributed by atoms with Gasteiger partial charge in [0.2, 0.25) is 0 Å². The summed E-state index contributed by atoms with van der Waals surface area (Å²) in [6.45, 7) is 4.50. The Morgan fingerprint density at radius 1 is 1.19 bits per heavy atom. The third-order valence-corrected chi connectivity index (χ3v) is 5.57. The van der Waals surface area contributed by atoms with Gasteiger partial charge in [-0.3, -0.25) is 4.79 Å². The van der Waals surface area contributed by atoms with Gasteiger partial charge in [-0.25, -0.2) is 0 Å². The van der Waals surface area contributed by atoms with Crippen LogP contribution < -0.4 is 0 Å². The fraction of sp³-hybridized carbons (Fsp3) is 0.650. The Morgan fingerprint density at radius 3 is 2.48 bits per heavy atom. The Labute approximate surface area is 129 Å². The summed E-state index contributed by atoms with van der Waals surface area (Å²) in [5.74, 6) is 1.74. The monoisotopic (exact) mass is 284 g/mol. The van der Waals surface area contributed by atoms with E-state index in [1.165, 1.54) is 37.7 Å². The molecule has 1 heteroatoms. The number of Topliss-reactive ketones (excluding diaryl/α,β-unsaturated/α-hetero) is 1. The van der Waals surface area contributed by atoms with Gasteiger partial charge in [0, 0.05) is 11.0 Å². The molecule has 0 radical (unpaired) electrons. The minimum absolute atomic E-state index is 0.0631. The van der Waals surface area contributed by atoms with Gasteiger partial charge >= 0.3 is 0 Å². The predicted octanol–water partition coefficient (Wildman–Crippen LogP) is 5.74. The largest absolute Gasteiger partial charge is 0.294 e. The van der Waals surface area contributed by atoms with Crippen molar-refractivity contribution < 1.29 is 4.79 Å². The molecule has 0 N–H and O–H groups in total. The number of hydrogen-bond acceptors (Lipinski definition) is 1. The maximum absolute atomic E-state index is 13.2. The Hall–Kier alpha value is -1.11. The van der Waals surface area contributed by atoms with Crippen molar-refractivity contribution in [2.75, 3.05) is 0 Å². The van der Waals surface area contributed by atoms with E-state index < -0.39 is 0 Å². The Bertz CT molecular complexity index is 504. The van der Waals surface area contributed by atoms with Crippen molar-refractivity contribution in [1.29, 1.82) is 0 Å². The summed E-state index contributed by atoms with van der Waals surface area (Å²) in [7, 11) is 0. The van der Waals surface area contributed by atoms with E-state index in [2.05, 4.69) is 32.0 Å². The lowest BCUT2D eigenvalue weighted by Crippen LogP contribution is -2.30. The van der Waals surface area contributed by atoms with Crippen LogP contribution in [0.2, 0.25) is 0 Å². The van der Waals surface area contributed by atoms with Gasteiger partial charge in [-0.2, -0.15) is 0 Å². The second-order valence-corrected chi connectivity index (χ2v) is 7.67. The molecule has 0 saturated heterocycles. The molecule has 1 aromatic carbocycles. The average molecular weight is 284 g/mol. The molecule has 0 spiro atoms. The van der Waals surface area contributed by atoms with Gasteiger partial charge in [0.05, 0.1) is 0 Å². The van der Waals surface area contributed by atoms with Crippen molar-refractivity contribution >= 4 is 5.78 Å². The van der Waals surface area contributed by atoms with Crippen LogP contribution in [-0.4, -0.2) is 5.78 Å². The molecule has 3 rings (SSSR count). The predicted molar refractivity (Wildman–Crippen MR) is 87.7 cm³/mol. The number of carbonyl (C=O) groups excluding carboxylic acids is 1. The standard InChI is InChI=1S/C20H28O/c1-15(2)14-20(11-3-4-12-20)19(21)18-10-6-9-17(13-18)16-7-5-8-16/h6,9-10,13,15-16H,3-5,7-8,11-12,14H2,1-2H3. The average Bonchev–Trinajstić information content (AvgIpc) is 2.85. The smallest absolute Gasteiger partial charge is 0.169 e. The maximum Gasteiger partial charge on any atom is 0.169 e. The van der Waals surface area contributed by atoms with E-state index in [0.717, 1.165) is 24.8 Å². The van der Waals surface area contributed by atoms with Crippen LogP contribution in [0.4, 0.5) is 0 Å². The summed E-state index contributed by atoms with van der Waals surface area (Å²) in [4.78, 5) is 13.2. The number of benzene rings is 1. The molecule has 2 aliphatic carbocycles. The van der Waals surface area contributed by atoms with Crippen LogP contribution >= 0.6 is 0 Å². The maximum atomic E-state index is 13.2. The summed E-state index contributed by atoms with van der Waals surface area (Å²) in [5.41, 5.74) is 2.30. The van der Waals surface area contributed by atoms with Gasteiger partial charge in [-0.05, 0) is 55.6 Å². The van der Waals surface area contributed by atoms with Crippen molar-refractivity contribution in [2.24, 2.45) is 11.3 Å². The Balaban J connectivity index is 1.85. The molecule has 0 aromatic heterocycles. The molecular formula is C20H28O. The van der Waals surface area contributed by atoms with E-state index in [-0.39, 0.29) is 5.41 Å². The SMILES string of the molecule is CC(C)CC1(C(=O)c2cccc(C3CCC3)c2)CCCC1. The van der Waals surface area contributed by atoms with E-state index in [9.17, 15) is 4.79 Å². The summed E-state index contributed by atoms with van der Waals surface area (Å²) >= 11 is 0. The van der Waals surface area contributed by atoms with E-state index in [1.54, 1.807) is 0 Å². The summed E-state index contributed by atoms with van der Waals surface area (Å²) in [6, 6.07) is 8.56. The van der Waals surface area contributed by atoms with Crippen LogP contribution in [0, 0.1) is 11.3 Å². The Kier molecular flexibility index (Phi) is 4.19. The quantitative estimate of drug-likeness (QED) is 0.630. The van der Waals surface area contributed by atoms with Gasteiger partial charge in [0.15, 0.2) is 5.78 Å². The first kappa shape index (κ1) is 14.8. The van der Waals surface area contributed by atoms with Gasteiger partial charge in [0.25, 0.3) is 0 Å². The molecule has 0 unspecified atom stereocenters. The van der Waals surface area contributed by atoms with Crippen LogP contribution in [0.15, 0.2) is 24.3 Å². The lowest BCUT2D eigenvalue weighted by Gasteiger charge is -2.30. The van der Waals surface area contributed by atoms with E-state index >= 15 is 0 Å². The van der Waals surface area contributed by atoms with Crippen molar-refractivity contribution in [2.45, 2.75) is 71.1 Å². The van der Waals surface area contributed by atoms with E-state index in [0.29, 0.717) is 17.6 Å². The minimum atomic E-state index is -0.0631. The topological polar surface area (TPSA) is 17.1 Å². The zero-order valence-corrected chi connectivity index (χ0v) is 13.5. The Morgan fingerprint density at radius 2 is 1.90 bits per heavy atom. The lowest BCUT2D eigenvalue weighted by atomic mass is 9.72. The normalized spacial score (nSPS) is 21.5. The molecule has 1 aromatic rings. The molecule has 0 aliphatic heterocycles. The van der Waals surface area contributed by atoms with Crippen LogP contribution in [0.3, 0.4) is 0 Å². The van der Waals surface area contributed by atoms with E-state index in [1.807, 2.05) is 6.07 Å². The first-order valence-electron chi connectivity index (χ1n) is 8.75. The first-order valence-corrected chi connectivity index (χ1v) is 8.75. The summed E-state index contributed by atoms with van der Waals surface area (Å²) < 4.78 is 0. The third kappa shape index (κ3) is 2.93. The van der Waals surface area contributed by atoms with Crippen LogP contribution in [0.1, 0.15) is 87.1 Å². The molecule has 1 nitrogen and oxygen atoms in total. The molecule has 0 bridgehead atoms. The zero-order chi connectivity index (χ0) is 14.9. The second kappa shape index (κ2) is 5.94. The minimum Gasteiger partial charge on any atom is -0.294 e. The fourth-order valence-corrected chi connectivity index (χ4v) is 4.34. The van der Waals surface area contributed by atoms with E-state index in [4.69, 9.17) is 0 Å². The highest BCUT2D eigenvalue weighted by atomic mass is 16.1. The van der Waals surface area contributed by atoms with Crippen LogP contribution in [-0.2, 0) is 0 Å². The molecule has 0 atom stereocenters.